The van der Waals surface area contributed by atoms with Gasteiger partial charge in [0, 0.05) is 16.9 Å². The smallest absolute Gasteiger partial charge is 0.311 e. The van der Waals surface area contributed by atoms with Gasteiger partial charge < -0.3 is 4.74 Å². The number of unbranched alkanes of at least 4 members (excludes halogenated alkanes) is 3. The van der Waals surface area contributed by atoms with Gasteiger partial charge in [-0.05, 0) is 85.1 Å². The van der Waals surface area contributed by atoms with Crippen LogP contribution in [-0.2, 0) is 16.6 Å². The molecule has 4 heteroatoms. The number of ether oxygens (including phenoxy) is 1. The van der Waals surface area contributed by atoms with Gasteiger partial charge in [0.2, 0.25) is 0 Å². The van der Waals surface area contributed by atoms with E-state index >= 15 is 0 Å². The van der Waals surface area contributed by atoms with Crippen molar-refractivity contribution in [2.24, 2.45) is 0 Å². The van der Waals surface area contributed by atoms with E-state index in [-0.39, 0.29) is 11.4 Å². The van der Waals surface area contributed by atoms with Crippen molar-refractivity contribution < 1.29 is 9.53 Å². The predicted molar refractivity (Wildman–Crippen MR) is 143 cm³/mol. The SMILES string of the molecule is CCCCCCc1cc2c(cc1C#Cc1ccc(OC(=O)CCC)s1)C(CC)(CC)CCS2. The Bertz CT molecular complexity index is 989. The molecule has 0 saturated carbocycles. The van der Waals surface area contributed by atoms with Crippen LogP contribution in [0, 0.1) is 11.8 Å². The van der Waals surface area contributed by atoms with Crippen LogP contribution in [0.25, 0.3) is 0 Å². The Morgan fingerprint density at radius 3 is 2.58 bits per heavy atom. The maximum atomic E-state index is 11.8. The zero-order valence-corrected chi connectivity index (χ0v) is 22.4. The second-order valence-corrected chi connectivity index (χ2v) is 11.2. The van der Waals surface area contributed by atoms with Crippen molar-refractivity contribution in [2.45, 2.75) is 102 Å². The number of aryl methyl sites for hydroxylation is 1. The van der Waals surface area contributed by atoms with Gasteiger partial charge in [-0.1, -0.05) is 70.1 Å². The summed E-state index contributed by atoms with van der Waals surface area (Å²) >= 11 is 3.47. The van der Waals surface area contributed by atoms with Crippen molar-refractivity contribution in [3.05, 3.63) is 45.8 Å². The van der Waals surface area contributed by atoms with Crippen molar-refractivity contribution in [1.82, 2.24) is 0 Å². The van der Waals surface area contributed by atoms with E-state index in [2.05, 4.69) is 44.7 Å². The molecule has 0 N–H and O–H groups in total. The molecule has 0 atom stereocenters. The lowest BCUT2D eigenvalue weighted by Crippen LogP contribution is -2.29. The number of carbonyl (C=O) groups excluding carboxylic acids is 1. The van der Waals surface area contributed by atoms with E-state index in [1.807, 2.05) is 30.8 Å². The molecular weight excluding hydrogens is 444 g/mol. The molecule has 1 aliphatic rings. The van der Waals surface area contributed by atoms with Gasteiger partial charge in [-0.15, -0.1) is 11.8 Å². The summed E-state index contributed by atoms with van der Waals surface area (Å²) in [6.07, 6.45) is 11.0. The Kier molecular flexibility index (Phi) is 9.95. The van der Waals surface area contributed by atoms with E-state index in [0.717, 1.165) is 17.7 Å². The van der Waals surface area contributed by atoms with Gasteiger partial charge in [-0.25, -0.2) is 0 Å². The number of hydrogen-bond acceptors (Lipinski definition) is 4. The second kappa shape index (κ2) is 12.7. The maximum absolute atomic E-state index is 11.8. The zero-order valence-electron chi connectivity index (χ0n) is 20.7. The summed E-state index contributed by atoms with van der Waals surface area (Å²) in [5, 5.41) is 0.635. The number of fused-ring (bicyclic) bond motifs is 1. The third kappa shape index (κ3) is 6.67. The minimum atomic E-state index is -0.170. The van der Waals surface area contributed by atoms with Gasteiger partial charge in [0.1, 0.15) is 0 Å². The lowest BCUT2D eigenvalue weighted by Gasteiger charge is -2.38. The highest BCUT2D eigenvalue weighted by atomic mass is 32.2. The molecule has 0 unspecified atom stereocenters. The topological polar surface area (TPSA) is 26.3 Å². The standard InChI is InChI=1S/C29H38O2S2/c1-5-9-10-11-13-22-21-26-25(29(7-3,8-4)18-19-32-26)20-23(22)14-15-24-16-17-28(33-24)31-27(30)12-6-2/h16-17,20-21H,5-13,18-19H2,1-4H3. The molecule has 0 bridgehead atoms. The van der Waals surface area contributed by atoms with Crippen LogP contribution in [0.15, 0.2) is 29.2 Å². The first-order valence-electron chi connectivity index (χ1n) is 12.7. The molecular formula is C29H38O2S2. The van der Waals surface area contributed by atoms with Gasteiger partial charge in [-0.2, -0.15) is 0 Å². The predicted octanol–water partition coefficient (Wildman–Crippen LogP) is 8.53. The number of hydrogen-bond donors (Lipinski definition) is 0. The van der Waals surface area contributed by atoms with E-state index in [4.69, 9.17) is 4.74 Å². The molecule has 1 aromatic heterocycles. The van der Waals surface area contributed by atoms with Crippen molar-refractivity contribution in [3.8, 4) is 16.9 Å². The van der Waals surface area contributed by atoms with Crippen molar-refractivity contribution in [1.29, 1.82) is 0 Å². The Labute approximate surface area is 208 Å². The summed E-state index contributed by atoms with van der Waals surface area (Å²) in [6, 6.07) is 8.67. The van der Waals surface area contributed by atoms with Crippen LogP contribution in [0.5, 0.6) is 5.06 Å². The molecule has 3 rings (SSSR count). The van der Waals surface area contributed by atoms with Gasteiger partial charge >= 0.3 is 5.97 Å². The monoisotopic (exact) mass is 482 g/mol. The fourth-order valence-electron chi connectivity index (χ4n) is 4.64. The van der Waals surface area contributed by atoms with Gasteiger partial charge in [0.15, 0.2) is 5.06 Å². The fraction of sp³-hybridized carbons (Fsp3) is 0.552. The van der Waals surface area contributed by atoms with Crippen LogP contribution in [-0.4, -0.2) is 11.7 Å². The molecule has 0 fully saturated rings. The summed E-state index contributed by atoms with van der Waals surface area (Å²) in [7, 11) is 0. The average Bonchev–Trinajstić information content (AvgIpc) is 3.27. The second-order valence-electron chi connectivity index (χ2n) is 8.99. The molecule has 0 radical (unpaired) electrons. The van der Waals surface area contributed by atoms with E-state index < -0.39 is 0 Å². The van der Waals surface area contributed by atoms with Crippen LogP contribution >= 0.6 is 23.1 Å². The summed E-state index contributed by atoms with van der Waals surface area (Å²) in [4.78, 5) is 14.2. The van der Waals surface area contributed by atoms with Crippen molar-refractivity contribution >= 4 is 29.1 Å². The fourth-order valence-corrected chi connectivity index (χ4v) is 6.73. The minimum absolute atomic E-state index is 0.170. The first-order chi connectivity index (χ1) is 16.0. The zero-order chi connectivity index (χ0) is 23.7. The summed E-state index contributed by atoms with van der Waals surface area (Å²) in [5.41, 5.74) is 4.35. The van der Waals surface area contributed by atoms with Gasteiger partial charge in [0.25, 0.3) is 0 Å². The molecule has 1 aromatic carbocycles. The normalized spacial score (nSPS) is 14.3. The number of rotatable bonds is 10. The van der Waals surface area contributed by atoms with E-state index in [1.54, 1.807) is 0 Å². The van der Waals surface area contributed by atoms with Crippen LogP contribution in [0.1, 0.15) is 107 Å². The third-order valence-corrected chi connectivity index (χ3v) is 8.77. The maximum Gasteiger partial charge on any atom is 0.311 e. The highest BCUT2D eigenvalue weighted by molar-refractivity contribution is 7.99. The summed E-state index contributed by atoms with van der Waals surface area (Å²) in [5.74, 6) is 7.92. The van der Waals surface area contributed by atoms with Crippen molar-refractivity contribution in [3.63, 3.8) is 0 Å². The lowest BCUT2D eigenvalue weighted by molar-refractivity contribution is -0.134. The molecule has 0 spiro atoms. The quantitative estimate of drug-likeness (QED) is 0.193. The Morgan fingerprint density at radius 1 is 1.03 bits per heavy atom. The molecule has 2 heterocycles. The Morgan fingerprint density at radius 2 is 1.85 bits per heavy atom. The van der Waals surface area contributed by atoms with Gasteiger partial charge in [0.05, 0.1) is 4.88 Å². The minimum Gasteiger partial charge on any atom is -0.415 e. The first-order valence-corrected chi connectivity index (χ1v) is 14.5. The number of esters is 1. The largest absolute Gasteiger partial charge is 0.415 e. The van der Waals surface area contributed by atoms with Crippen LogP contribution in [0.2, 0.25) is 0 Å². The molecule has 2 nitrogen and oxygen atoms in total. The number of carbonyl (C=O) groups is 1. The number of thiophene rings is 1. The lowest BCUT2D eigenvalue weighted by atomic mass is 9.72. The Hall–Kier alpha value is -1.70. The van der Waals surface area contributed by atoms with E-state index in [9.17, 15) is 4.79 Å². The highest BCUT2D eigenvalue weighted by Gasteiger charge is 2.34. The molecule has 1 aliphatic heterocycles. The van der Waals surface area contributed by atoms with E-state index in [0.29, 0.717) is 11.5 Å². The van der Waals surface area contributed by atoms with E-state index in [1.165, 1.54) is 83.6 Å². The molecule has 0 amide bonds. The number of benzene rings is 1. The molecule has 178 valence electrons. The summed E-state index contributed by atoms with van der Waals surface area (Å²) < 4.78 is 5.43. The molecule has 2 aromatic rings. The average molecular weight is 483 g/mol. The summed E-state index contributed by atoms with van der Waals surface area (Å²) in [6.45, 7) is 8.91. The number of thioether (sulfide) groups is 1. The van der Waals surface area contributed by atoms with Crippen molar-refractivity contribution in [2.75, 3.05) is 5.75 Å². The van der Waals surface area contributed by atoms with Crippen LogP contribution < -0.4 is 4.74 Å². The molecule has 0 saturated heterocycles. The van der Waals surface area contributed by atoms with Gasteiger partial charge in [-0.3, -0.25) is 4.79 Å². The van der Waals surface area contributed by atoms with Crippen LogP contribution in [0.3, 0.4) is 0 Å². The highest BCUT2D eigenvalue weighted by Crippen LogP contribution is 2.47. The third-order valence-electron chi connectivity index (χ3n) is 6.84. The Balaban J connectivity index is 1.91. The molecule has 33 heavy (non-hydrogen) atoms. The first kappa shape index (κ1) is 25.9. The van der Waals surface area contributed by atoms with Crippen LogP contribution in [0.4, 0.5) is 0 Å². The molecule has 0 aliphatic carbocycles.